The Morgan fingerprint density at radius 3 is 2.42 bits per heavy atom. The van der Waals surface area contributed by atoms with Crippen LogP contribution < -0.4 is 5.32 Å². The number of hydrogen-bond donors (Lipinski definition) is 1. The molecule has 0 aliphatic heterocycles. The van der Waals surface area contributed by atoms with Crippen molar-refractivity contribution in [2.24, 2.45) is 0 Å². The van der Waals surface area contributed by atoms with E-state index >= 15 is 0 Å². The van der Waals surface area contributed by atoms with Gasteiger partial charge in [0.25, 0.3) is 0 Å². The minimum Gasteiger partial charge on any atom is -0.351 e. The quantitative estimate of drug-likeness (QED) is 0.855. The Labute approximate surface area is 116 Å². The Bertz CT molecular complexity index is 622. The van der Waals surface area contributed by atoms with Gasteiger partial charge >= 0.3 is 0 Å². The van der Waals surface area contributed by atoms with Crippen LogP contribution in [0.1, 0.15) is 37.1 Å². The monoisotopic (exact) mass is 277 g/mol. The van der Waals surface area contributed by atoms with Gasteiger partial charge < -0.3 is 5.32 Å². The second kappa shape index (κ2) is 4.89. The third-order valence-electron chi connectivity index (χ3n) is 3.59. The van der Waals surface area contributed by atoms with Gasteiger partial charge in [0, 0.05) is 6.04 Å². The standard InChI is InChI=1S/C13H16ClN5/c1-7-8(2)16-12-10(15-7)11(14)18-13(19-12)17-9-5-3-4-6-9/h9H,3-6H2,1-2H3,(H,16,17,18,19). The van der Waals surface area contributed by atoms with Gasteiger partial charge in [0.2, 0.25) is 5.95 Å². The predicted octanol–water partition coefficient (Wildman–Crippen LogP) is 3.04. The smallest absolute Gasteiger partial charge is 0.226 e. The normalized spacial score (nSPS) is 16.2. The molecule has 0 radical (unpaired) electrons. The number of aromatic nitrogens is 4. The summed E-state index contributed by atoms with van der Waals surface area (Å²) in [6.07, 6.45) is 4.85. The molecule has 0 atom stereocenters. The molecule has 5 nitrogen and oxygen atoms in total. The summed E-state index contributed by atoms with van der Waals surface area (Å²) in [6, 6.07) is 0.452. The Balaban J connectivity index is 2.00. The average molecular weight is 278 g/mol. The highest BCUT2D eigenvalue weighted by Crippen LogP contribution is 2.24. The Morgan fingerprint density at radius 1 is 1.00 bits per heavy atom. The fourth-order valence-electron chi connectivity index (χ4n) is 2.40. The van der Waals surface area contributed by atoms with Crippen molar-refractivity contribution in [3.63, 3.8) is 0 Å². The topological polar surface area (TPSA) is 63.6 Å². The highest BCUT2D eigenvalue weighted by Gasteiger charge is 2.17. The van der Waals surface area contributed by atoms with Crippen LogP contribution in [0.5, 0.6) is 0 Å². The largest absolute Gasteiger partial charge is 0.351 e. The fourth-order valence-corrected chi connectivity index (χ4v) is 2.60. The summed E-state index contributed by atoms with van der Waals surface area (Å²) in [4.78, 5) is 17.5. The highest BCUT2D eigenvalue weighted by molar-refractivity contribution is 6.33. The summed E-state index contributed by atoms with van der Waals surface area (Å²) in [5.74, 6) is 0.557. The second-order valence-corrected chi connectivity index (χ2v) is 5.39. The zero-order valence-electron chi connectivity index (χ0n) is 11.1. The van der Waals surface area contributed by atoms with E-state index in [0.717, 1.165) is 24.2 Å². The number of rotatable bonds is 2. The molecule has 2 aromatic heterocycles. The molecule has 19 heavy (non-hydrogen) atoms. The maximum absolute atomic E-state index is 6.18. The van der Waals surface area contributed by atoms with E-state index in [0.29, 0.717) is 28.3 Å². The maximum atomic E-state index is 6.18. The summed E-state index contributed by atoms with van der Waals surface area (Å²) in [7, 11) is 0. The lowest BCUT2D eigenvalue weighted by molar-refractivity contribution is 0.745. The molecule has 2 aromatic rings. The summed E-state index contributed by atoms with van der Waals surface area (Å²) >= 11 is 6.18. The van der Waals surface area contributed by atoms with E-state index in [1.165, 1.54) is 12.8 Å². The first-order valence-corrected chi connectivity index (χ1v) is 6.96. The lowest BCUT2D eigenvalue weighted by atomic mass is 10.2. The van der Waals surface area contributed by atoms with Crippen molar-refractivity contribution < 1.29 is 0 Å². The van der Waals surface area contributed by atoms with Crippen molar-refractivity contribution in [1.82, 2.24) is 19.9 Å². The van der Waals surface area contributed by atoms with Gasteiger partial charge in [0.05, 0.1) is 11.4 Å². The van der Waals surface area contributed by atoms with E-state index in [1.54, 1.807) is 0 Å². The van der Waals surface area contributed by atoms with Gasteiger partial charge in [-0.2, -0.15) is 9.97 Å². The zero-order valence-corrected chi connectivity index (χ0v) is 11.8. The first kappa shape index (κ1) is 12.5. The van der Waals surface area contributed by atoms with E-state index in [1.807, 2.05) is 13.8 Å². The number of halogens is 1. The Kier molecular flexibility index (Phi) is 3.22. The lowest BCUT2D eigenvalue weighted by Crippen LogP contribution is -2.17. The Hall–Kier alpha value is -1.49. The molecule has 0 saturated heterocycles. The van der Waals surface area contributed by atoms with E-state index in [9.17, 15) is 0 Å². The molecule has 1 fully saturated rings. The first-order valence-electron chi connectivity index (χ1n) is 6.58. The van der Waals surface area contributed by atoms with Crippen LogP contribution in [0, 0.1) is 13.8 Å². The van der Waals surface area contributed by atoms with Gasteiger partial charge in [-0.15, -0.1) is 0 Å². The third-order valence-corrected chi connectivity index (χ3v) is 3.85. The summed E-state index contributed by atoms with van der Waals surface area (Å²) in [5, 5.41) is 3.70. The van der Waals surface area contributed by atoms with Crippen LogP contribution in [0.4, 0.5) is 5.95 Å². The van der Waals surface area contributed by atoms with Crippen LogP contribution in [0.25, 0.3) is 11.2 Å². The summed E-state index contributed by atoms with van der Waals surface area (Å²) < 4.78 is 0. The number of anilines is 1. The van der Waals surface area contributed by atoms with Crippen molar-refractivity contribution in [1.29, 1.82) is 0 Å². The molecular weight excluding hydrogens is 262 g/mol. The van der Waals surface area contributed by atoms with Gasteiger partial charge in [-0.25, -0.2) is 9.97 Å². The molecule has 3 rings (SSSR count). The molecule has 0 bridgehead atoms. The molecule has 1 N–H and O–H groups in total. The summed E-state index contributed by atoms with van der Waals surface area (Å²) in [5.41, 5.74) is 2.86. The van der Waals surface area contributed by atoms with E-state index in [2.05, 4.69) is 25.3 Å². The molecule has 6 heteroatoms. The van der Waals surface area contributed by atoms with Crippen molar-refractivity contribution in [3.05, 3.63) is 16.5 Å². The predicted molar refractivity (Wildman–Crippen MR) is 75.5 cm³/mol. The lowest BCUT2D eigenvalue weighted by Gasteiger charge is -2.12. The SMILES string of the molecule is Cc1nc2nc(NC3CCCC3)nc(Cl)c2nc1C. The minimum atomic E-state index is 0.362. The van der Waals surface area contributed by atoms with E-state index in [-0.39, 0.29) is 0 Å². The van der Waals surface area contributed by atoms with Crippen LogP contribution in [0.15, 0.2) is 0 Å². The number of nitrogens with one attached hydrogen (secondary N) is 1. The van der Waals surface area contributed by atoms with Crippen molar-refractivity contribution in [2.75, 3.05) is 5.32 Å². The molecule has 2 heterocycles. The van der Waals surface area contributed by atoms with Gasteiger partial charge in [0.1, 0.15) is 5.52 Å². The van der Waals surface area contributed by atoms with Crippen LogP contribution in [-0.4, -0.2) is 26.0 Å². The summed E-state index contributed by atoms with van der Waals surface area (Å²) in [6.45, 7) is 3.82. The molecule has 100 valence electrons. The molecule has 1 aliphatic carbocycles. The number of aryl methyl sites for hydroxylation is 2. The minimum absolute atomic E-state index is 0.362. The molecule has 0 spiro atoms. The Morgan fingerprint density at radius 2 is 1.68 bits per heavy atom. The van der Waals surface area contributed by atoms with Crippen LogP contribution in [0.3, 0.4) is 0 Å². The zero-order chi connectivity index (χ0) is 13.4. The van der Waals surface area contributed by atoms with Crippen molar-refractivity contribution in [2.45, 2.75) is 45.6 Å². The molecular formula is C13H16ClN5. The van der Waals surface area contributed by atoms with Crippen molar-refractivity contribution in [3.8, 4) is 0 Å². The van der Waals surface area contributed by atoms with E-state index in [4.69, 9.17) is 11.6 Å². The van der Waals surface area contributed by atoms with Gasteiger partial charge in [0.15, 0.2) is 10.8 Å². The fraction of sp³-hybridized carbons (Fsp3) is 0.538. The van der Waals surface area contributed by atoms with Crippen LogP contribution in [-0.2, 0) is 0 Å². The first-order chi connectivity index (χ1) is 9.13. The third kappa shape index (κ3) is 2.47. The molecule has 1 aliphatic rings. The maximum Gasteiger partial charge on any atom is 0.226 e. The molecule has 1 saturated carbocycles. The number of nitrogens with zero attached hydrogens (tertiary/aromatic N) is 4. The van der Waals surface area contributed by atoms with Gasteiger partial charge in [-0.3, -0.25) is 0 Å². The van der Waals surface area contributed by atoms with Crippen molar-refractivity contribution >= 4 is 28.7 Å². The van der Waals surface area contributed by atoms with E-state index < -0.39 is 0 Å². The number of hydrogen-bond acceptors (Lipinski definition) is 5. The average Bonchev–Trinajstić information content (AvgIpc) is 2.85. The molecule has 0 aromatic carbocycles. The second-order valence-electron chi connectivity index (χ2n) is 5.03. The molecule has 0 unspecified atom stereocenters. The van der Waals surface area contributed by atoms with Gasteiger partial charge in [-0.05, 0) is 26.7 Å². The van der Waals surface area contributed by atoms with Crippen LogP contribution >= 0.6 is 11.6 Å². The molecule has 0 amide bonds. The van der Waals surface area contributed by atoms with Crippen LogP contribution in [0.2, 0.25) is 5.15 Å². The highest BCUT2D eigenvalue weighted by atomic mass is 35.5. The van der Waals surface area contributed by atoms with Gasteiger partial charge in [-0.1, -0.05) is 24.4 Å². The number of fused-ring (bicyclic) bond motifs is 1.